The zero-order valence-electron chi connectivity index (χ0n) is 10.2. The first-order valence-electron chi connectivity index (χ1n) is 5.50. The molecule has 0 radical (unpaired) electrons. The van der Waals surface area contributed by atoms with E-state index in [0.29, 0.717) is 16.9 Å². The fourth-order valence-corrected chi connectivity index (χ4v) is 1.44. The van der Waals surface area contributed by atoms with Crippen LogP contribution in [0.4, 0.5) is 11.4 Å². The molecular formula is C13H11N5O. The number of anilines is 2. The van der Waals surface area contributed by atoms with Crippen LogP contribution in [-0.4, -0.2) is 15.9 Å². The molecule has 0 unspecified atom stereocenters. The van der Waals surface area contributed by atoms with Crippen molar-refractivity contribution in [2.24, 2.45) is 0 Å². The van der Waals surface area contributed by atoms with E-state index in [1.807, 2.05) is 6.07 Å². The van der Waals surface area contributed by atoms with Crippen LogP contribution in [0.25, 0.3) is 0 Å². The number of hydrogen-bond donors (Lipinski definition) is 2. The van der Waals surface area contributed by atoms with Crippen molar-refractivity contribution in [1.29, 1.82) is 5.26 Å². The molecule has 2 rings (SSSR count). The van der Waals surface area contributed by atoms with E-state index in [-0.39, 0.29) is 5.69 Å². The minimum atomic E-state index is -0.399. The third kappa shape index (κ3) is 2.84. The summed E-state index contributed by atoms with van der Waals surface area (Å²) in [5.74, 6) is -0.399. The molecule has 0 saturated heterocycles. The van der Waals surface area contributed by atoms with Gasteiger partial charge in [0.1, 0.15) is 5.69 Å². The van der Waals surface area contributed by atoms with Crippen LogP contribution in [0.2, 0.25) is 0 Å². The molecule has 0 bridgehead atoms. The summed E-state index contributed by atoms with van der Waals surface area (Å²) in [5.41, 5.74) is 7.88. The molecule has 94 valence electrons. The highest BCUT2D eigenvalue weighted by Gasteiger charge is 2.10. The third-order valence-electron chi connectivity index (χ3n) is 2.44. The van der Waals surface area contributed by atoms with E-state index in [2.05, 4.69) is 15.3 Å². The number of rotatable bonds is 2. The Labute approximate surface area is 109 Å². The van der Waals surface area contributed by atoms with Crippen molar-refractivity contribution >= 4 is 17.3 Å². The van der Waals surface area contributed by atoms with Crippen molar-refractivity contribution in [1.82, 2.24) is 9.97 Å². The largest absolute Gasteiger partial charge is 0.397 e. The molecule has 1 amide bonds. The van der Waals surface area contributed by atoms with Gasteiger partial charge in [-0.3, -0.25) is 9.78 Å². The zero-order valence-corrected chi connectivity index (χ0v) is 10.2. The van der Waals surface area contributed by atoms with Crippen LogP contribution in [0.3, 0.4) is 0 Å². The first-order valence-corrected chi connectivity index (χ1v) is 5.50. The van der Waals surface area contributed by atoms with Gasteiger partial charge in [-0.25, -0.2) is 4.98 Å². The number of aromatic nitrogens is 2. The van der Waals surface area contributed by atoms with Gasteiger partial charge in [-0.2, -0.15) is 5.26 Å². The quantitative estimate of drug-likeness (QED) is 0.789. The molecule has 1 aromatic carbocycles. The molecule has 19 heavy (non-hydrogen) atoms. The Balaban J connectivity index is 2.20. The van der Waals surface area contributed by atoms with Crippen LogP contribution in [0.15, 0.2) is 30.6 Å². The summed E-state index contributed by atoms with van der Waals surface area (Å²) in [4.78, 5) is 19.9. The van der Waals surface area contributed by atoms with Crippen LogP contribution in [-0.2, 0) is 0 Å². The van der Waals surface area contributed by atoms with Gasteiger partial charge in [0.2, 0.25) is 0 Å². The normalized spacial score (nSPS) is 9.68. The van der Waals surface area contributed by atoms with Gasteiger partial charge in [0.15, 0.2) is 0 Å². The maximum Gasteiger partial charge on any atom is 0.275 e. The average Bonchev–Trinajstić information content (AvgIpc) is 2.41. The predicted octanol–water partition coefficient (Wildman–Crippen LogP) is 1.49. The van der Waals surface area contributed by atoms with Gasteiger partial charge in [-0.15, -0.1) is 0 Å². The maximum atomic E-state index is 11.9. The van der Waals surface area contributed by atoms with E-state index in [9.17, 15) is 4.79 Å². The summed E-state index contributed by atoms with van der Waals surface area (Å²) in [6, 6.07) is 6.62. The summed E-state index contributed by atoms with van der Waals surface area (Å²) < 4.78 is 0. The highest BCUT2D eigenvalue weighted by molar-refractivity contribution is 6.04. The predicted molar refractivity (Wildman–Crippen MR) is 70.3 cm³/mol. The van der Waals surface area contributed by atoms with Crippen LogP contribution in [0.1, 0.15) is 21.7 Å². The molecule has 0 fully saturated rings. The number of carbonyl (C=O) groups excluding carboxylic acids is 1. The van der Waals surface area contributed by atoms with Crippen molar-refractivity contribution in [2.45, 2.75) is 6.92 Å². The molecule has 1 heterocycles. The van der Waals surface area contributed by atoms with E-state index in [4.69, 9.17) is 11.0 Å². The van der Waals surface area contributed by atoms with E-state index in [1.54, 1.807) is 19.1 Å². The number of benzene rings is 1. The molecule has 0 aliphatic carbocycles. The number of amides is 1. The minimum absolute atomic E-state index is 0.203. The number of nitriles is 1. The number of carbonyl (C=O) groups is 1. The average molecular weight is 253 g/mol. The molecule has 6 nitrogen and oxygen atoms in total. The second kappa shape index (κ2) is 5.14. The van der Waals surface area contributed by atoms with Crippen molar-refractivity contribution in [3.8, 4) is 6.07 Å². The van der Waals surface area contributed by atoms with E-state index >= 15 is 0 Å². The summed E-state index contributed by atoms with van der Waals surface area (Å²) in [6.07, 6.45) is 2.90. The highest BCUT2D eigenvalue weighted by atomic mass is 16.1. The Kier molecular flexibility index (Phi) is 3.39. The van der Waals surface area contributed by atoms with Crippen LogP contribution in [0, 0.1) is 18.3 Å². The molecule has 0 spiro atoms. The number of nitrogens with two attached hydrogens (primary N) is 1. The van der Waals surface area contributed by atoms with Crippen molar-refractivity contribution in [2.75, 3.05) is 11.1 Å². The Morgan fingerprint density at radius 1 is 1.37 bits per heavy atom. The molecule has 0 saturated carbocycles. The van der Waals surface area contributed by atoms with Crippen molar-refractivity contribution in [3.63, 3.8) is 0 Å². The van der Waals surface area contributed by atoms with Gasteiger partial charge < -0.3 is 11.1 Å². The molecule has 0 aliphatic rings. The number of nitrogens with zero attached hydrogens (tertiary/aromatic N) is 3. The molecule has 2 aromatic rings. The summed E-state index contributed by atoms with van der Waals surface area (Å²) >= 11 is 0. The van der Waals surface area contributed by atoms with Crippen molar-refractivity contribution in [3.05, 3.63) is 47.5 Å². The van der Waals surface area contributed by atoms with Gasteiger partial charge in [0.05, 0.1) is 34.9 Å². The Morgan fingerprint density at radius 3 is 2.74 bits per heavy atom. The van der Waals surface area contributed by atoms with Crippen LogP contribution in [0.5, 0.6) is 0 Å². The highest BCUT2D eigenvalue weighted by Crippen LogP contribution is 2.19. The molecule has 0 aliphatic heterocycles. The first kappa shape index (κ1) is 12.5. The smallest absolute Gasteiger partial charge is 0.275 e. The lowest BCUT2D eigenvalue weighted by Crippen LogP contribution is -2.15. The van der Waals surface area contributed by atoms with Gasteiger partial charge in [0, 0.05) is 6.20 Å². The first-order chi connectivity index (χ1) is 9.10. The SMILES string of the molecule is Cc1cnc(C(=O)Nc2ccc(C#N)cc2N)cn1. The van der Waals surface area contributed by atoms with Gasteiger partial charge >= 0.3 is 0 Å². The van der Waals surface area contributed by atoms with Gasteiger partial charge in [-0.05, 0) is 25.1 Å². The zero-order chi connectivity index (χ0) is 13.8. The molecule has 0 atom stereocenters. The summed E-state index contributed by atoms with van der Waals surface area (Å²) in [5, 5.41) is 11.3. The van der Waals surface area contributed by atoms with Crippen molar-refractivity contribution < 1.29 is 4.79 Å². The number of nitrogen functional groups attached to an aromatic ring is 1. The third-order valence-corrected chi connectivity index (χ3v) is 2.44. The lowest BCUT2D eigenvalue weighted by atomic mass is 10.2. The van der Waals surface area contributed by atoms with Gasteiger partial charge in [-0.1, -0.05) is 0 Å². The minimum Gasteiger partial charge on any atom is -0.397 e. The number of hydrogen-bond acceptors (Lipinski definition) is 5. The molecule has 6 heteroatoms. The molecule has 1 aromatic heterocycles. The lowest BCUT2D eigenvalue weighted by Gasteiger charge is -2.07. The fourth-order valence-electron chi connectivity index (χ4n) is 1.44. The number of aryl methyl sites for hydroxylation is 1. The standard InChI is InChI=1S/C13H11N5O/c1-8-6-17-12(7-16-8)13(19)18-11-3-2-9(5-14)4-10(11)15/h2-4,6-7H,15H2,1H3,(H,18,19). The number of nitrogens with one attached hydrogen (secondary N) is 1. The Hall–Kier alpha value is -2.94. The second-order valence-electron chi connectivity index (χ2n) is 3.91. The van der Waals surface area contributed by atoms with Crippen LogP contribution >= 0.6 is 0 Å². The fraction of sp³-hybridized carbons (Fsp3) is 0.0769. The summed E-state index contributed by atoms with van der Waals surface area (Å²) in [6.45, 7) is 1.79. The lowest BCUT2D eigenvalue weighted by molar-refractivity contribution is 0.102. The van der Waals surface area contributed by atoms with E-state index in [1.165, 1.54) is 18.5 Å². The Morgan fingerprint density at radius 2 is 2.16 bits per heavy atom. The maximum absolute atomic E-state index is 11.9. The Bertz CT molecular complexity index is 658. The summed E-state index contributed by atoms with van der Waals surface area (Å²) in [7, 11) is 0. The van der Waals surface area contributed by atoms with Crippen LogP contribution < -0.4 is 11.1 Å². The molecule has 3 N–H and O–H groups in total. The van der Waals surface area contributed by atoms with E-state index in [0.717, 1.165) is 5.69 Å². The topological polar surface area (TPSA) is 105 Å². The monoisotopic (exact) mass is 253 g/mol. The molecular weight excluding hydrogens is 242 g/mol. The second-order valence-corrected chi connectivity index (χ2v) is 3.91. The van der Waals surface area contributed by atoms with E-state index < -0.39 is 5.91 Å². The van der Waals surface area contributed by atoms with Gasteiger partial charge in [0.25, 0.3) is 5.91 Å².